The number of carbonyl (C=O) groups is 3. The maximum absolute atomic E-state index is 12.4. The van der Waals surface area contributed by atoms with Crippen molar-refractivity contribution in [3.63, 3.8) is 0 Å². The van der Waals surface area contributed by atoms with Crippen LogP contribution in [0.25, 0.3) is 0 Å². The summed E-state index contributed by atoms with van der Waals surface area (Å²) in [6.45, 7) is 10.4. The molecule has 8 nitrogen and oxygen atoms in total. The largest absolute Gasteiger partial charge is 0.458 e. The molecule has 0 amide bonds. The SMILES string of the molecule is CCCCCCC(O)C=CC(=O)OC1C(C)OC2(C)C(OC(C)=O)C(C)C(=O)OC2C1C. The van der Waals surface area contributed by atoms with E-state index in [2.05, 4.69) is 6.92 Å². The molecule has 0 aromatic carbocycles. The number of carbonyl (C=O) groups excluding carboxylic acids is 3. The second-order valence-corrected chi connectivity index (χ2v) is 9.22. The zero-order valence-corrected chi connectivity index (χ0v) is 20.0. The number of aliphatic hydroxyl groups is 1. The smallest absolute Gasteiger partial charge is 0.330 e. The second-order valence-electron chi connectivity index (χ2n) is 9.22. The van der Waals surface area contributed by atoms with Gasteiger partial charge in [0.1, 0.15) is 23.9 Å². The summed E-state index contributed by atoms with van der Waals surface area (Å²) in [6.07, 6.45) is 3.99. The standard InChI is InChI=1S/C24H38O8/c1-7-8-9-10-11-18(26)12-13-19(27)30-20-14(2)21-24(6,32-16(20)4)22(29-17(5)25)15(3)23(28)31-21/h12-16,18,20-22,26H,7-11H2,1-6H3. The van der Waals surface area contributed by atoms with Crippen LogP contribution in [-0.2, 0) is 33.3 Å². The second kappa shape index (κ2) is 11.3. The fourth-order valence-electron chi connectivity index (χ4n) is 4.80. The van der Waals surface area contributed by atoms with E-state index in [1.807, 2.05) is 6.92 Å². The quantitative estimate of drug-likeness (QED) is 0.245. The van der Waals surface area contributed by atoms with Gasteiger partial charge in [-0.15, -0.1) is 0 Å². The zero-order chi connectivity index (χ0) is 24.1. The van der Waals surface area contributed by atoms with E-state index >= 15 is 0 Å². The summed E-state index contributed by atoms with van der Waals surface area (Å²) in [7, 11) is 0. The highest BCUT2D eigenvalue weighted by molar-refractivity contribution is 5.82. The van der Waals surface area contributed by atoms with Crippen molar-refractivity contribution < 1.29 is 38.4 Å². The fourth-order valence-corrected chi connectivity index (χ4v) is 4.80. The number of rotatable bonds is 9. The number of aliphatic hydroxyl groups excluding tert-OH is 1. The van der Waals surface area contributed by atoms with Crippen LogP contribution in [0.4, 0.5) is 0 Å². The van der Waals surface area contributed by atoms with Crippen LogP contribution in [-0.4, -0.2) is 59.1 Å². The van der Waals surface area contributed by atoms with Gasteiger partial charge in [-0.2, -0.15) is 0 Å². The summed E-state index contributed by atoms with van der Waals surface area (Å²) in [6, 6.07) is 0. The summed E-state index contributed by atoms with van der Waals surface area (Å²) in [5, 5.41) is 10.0. The molecule has 0 radical (unpaired) electrons. The van der Waals surface area contributed by atoms with Crippen molar-refractivity contribution in [2.75, 3.05) is 0 Å². The highest BCUT2D eigenvalue weighted by atomic mass is 16.6. The first-order valence-corrected chi connectivity index (χ1v) is 11.6. The highest BCUT2D eigenvalue weighted by Crippen LogP contribution is 2.45. The molecule has 8 unspecified atom stereocenters. The molecule has 8 heteroatoms. The van der Waals surface area contributed by atoms with Gasteiger partial charge in [-0.25, -0.2) is 4.79 Å². The average molecular weight is 455 g/mol. The van der Waals surface area contributed by atoms with Gasteiger partial charge in [0.15, 0.2) is 0 Å². The lowest BCUT2D eigenvalue weighted by Gasteiger charge is -2.55. The maximum atomic E-state index is 12.4. The van der Waals surface area contributed by atoms with E-state index in [0.29, 0.717) is 6.42 Å². The van der Waals surface area contributed by atoms with Crippen molar-refractivity contribution in [2.45, 2.75) is 110 Å². The number of esters is 3. The Hall–Kier alpha value is -1.93. The Morgan fingerprint density at radius 2 is 1.88 bits per heavy atom. The first-order valence-electron chi connectivity index (χ1n) is 11.6. The van der Waals surface area contributed by atoms with Crippen molar-refractivity contribution >= 4 is 17.9 Å². The Bertz CT molecular complexity index is 704. The molecule has 0 aliphatic carbocycles. The minimum Gasteiger partial charge on any atom is -0.458 e. The van der Waals surface area contributed by atoms with E-state index < -0.39 is 65.9 Å². The number of hydrogen-bond acceptors (Lipinski definition) is 8. The molecule has 8 atom stereocenters. The molecule has 2 rings (SSSR count). The third kappa shape index (κ3) is 6.10. The van der Waals surface area contributed by atoms with Crippen molar-refractivity contribution in [1.29, 1.82) is 0 Å². The lowest BCUT2D eigenvalue weighted by Crippen LogP contribution is -2.70. The van der Waals surface area contributed by atoms with E-state index in [-0.39, 0.29) is 0 Å². The number of fused-ring (bicyclic) bond motifs is 1. The molecule has 32 heavy (non-hydrogen) atoms. The molecule has 0 bridgehead atoms. The molecular weight excluding hydrogens is 416 g/mol. The fraction of sp³-hybridized carbons (Fsp3) is 0.792. The summed E-state index contributed by atoms with van der Waals surface area (Å²) < 4.78 is 22.9. The average Bonchev–Trinajstić information content (AvgIpc) is 2.72. The highest BCUT2D eigenvalue weighted by Gasteiger charge is 2.62. The van der Waals surface area contributed by atoms with Crippen molar-refractivity contribution in [2.24, 2.45) is 11.8 Å². The van der Waals surface area contributed by atoms with Crippen LogP contribution in [0.15, 0.2) is 12.2 Å². The molecule has 0 saturated carbocycles. The van der Waals surface area contributed by atoms with Gasteiger partial charge in [0.2, 0.25) is 0 Å². The van der Waals surface area contributed by atoms with Crippen LogP contribution in [0.5, 0.6) is 0 Å². The number of ether oxygens (including phenoxy) is 4. The predicted molar refractivity (Wildman–Crippen MR) is 116 cm³/mol. The van der Waals surface area contributed by atoms with Gasteiger partial charge in [0.05, 0.1) is 18.1 Å². The van der Waals surface area contributed by atoms with Crippen LogP contribution in [0, 0.1) is 11.8 Å². The van der Waals surface area contributed by atoms with Crippen LogP contribution in [0.1, 0.15) is 73.6 Å². The van der Waals surface area contributed by atoms with Gasteiger partial charge in [0, 0.05) is 18.9 Å². The molecule has 2 heterocycles. The lowest BCUT2D eigenvalue weighted by molar-refractivity contribution is -0.300. The minimum atomic E-state index is -1.06. The minimum absolute atomic E-state index is 0.394. The Labute approximate surface area is 190 Å². The monoisotopic (exact) mass is 454 g/mol. The first kappa shape index (κ1) is 26.3. The molecule has 2 aliphatic rings. The third-order valence-corrected chi connectivity index (χ3v) is 6.45. The Kier molecular flexibility index (Phi) is 9.28. The van der Waals surface area contributed by atoms with E-state index in [4.69, 9.17) is 18.9 Å². The van der Waals surface area contributed by atoms with Gasteiger partial charge in [-0.05, 0) is 33.3 Å². The molecule has 182 valence electrons. The summed E-state index contributed by atoms with van der Waals surface area (Å²) in [5.74, 6) is -2.66. The van der Waals surface area contributed by atoms with Crippen LogP contribution >= 0.6 is 0 Å². The predicted octanol–water partition coefficient (Wildman–Crippen LogP) is 3.09. The van der Waals surface area contributed by atoms with Crippen LogP contribution in [0.3, 0.4) is 0 Å². The van der Waals surface area contributed by atoms with Crippen molar-refractivity contribution in [1.82, 2.24) is 0 Å². The van der Waals surface area contributed by atoms with E-state index in [9.17, 15) is 19.5 Å². The van der Waals surface area contributed by atoms with E-state index in [0.717, 1.165) is 25.7 Å². The van der Waals surface area contributed by atoms with Crippen molar-refractivity contribution in [3.05, 3.63) is 12.2 Å². The van der Waals surface area contributed by atoms with E-state index in [1.165, 1.54) is 19.1 Å². The molecule has 0 aromatic rings. The molecule has 0 spiro atoms. The van der Waals surface area contributed by atoms with Gasteiger partial charge < -0.3 is 24.1 Å². The Balaban J connectivity index is 2.05. The molecule has 2 aliphatic heterocycles. The van der Waals surface area contributed by atoms with Gasteiger partial charge in [-0.1, -0.05) is 39.5 Å². The summed E-state index contributed by atoms with van der Waals surface area (Å²) >= 11 is 0. The normalized spacial score (nSPS) is 35.7. The third-order valence-electron chi connectivity index (χ3n) is 6.45. The first-order chi connectivity index (χ1) is 15.0. The number of unbranched alkanes of at least 4 members (excludes halogenated alkanes) is 3. The van der Waals surface area contributed by atoms with Gasteiger partial charge >= 0.3 is 17.9 Å². The lowest BCUT2D eigenvalue weighted by atomic mass is 9.73. The molecular formula is C24H38O8. The summed E-state index contributed by atoms with van der Waals surface area (Å²) in [5.41, 5.74) is -1.06. The van der Waals surface area contributed by atoms with E-state index in [1.54, 1.807) is 20.8 Å². The number of hydrogen-bond donors (Lipinski definition) is 1. The topological polar surface area (TPSA) is 108 Å². The molecule has 0 aromatic heterocycles. The maximum Gasteiger partial charge on any atom is 0.330 e. The van der Waals surface area contributed by atoms with Crippen LogP contribution in [0.2, 0.25) is 0 Å². The summed E-state index contributed by atoms with van der Waals surface area (Å²) in [4.78, 5) is 36.5. The molecule has 2 fully saturated rings. The molecule has 1 N–H and O–H groups in total. The van der Waals surface area contributed by atoms with Crippen LogP contribution < -0.4 is 0 Å². The van der Waals surface area contributed by atoms with Gasteiger partial charge in [-0.3, -0.25) is 9.59 Å². The Morgan fingerprint density at radius 1 is 1.19 bits per heavy atom. The van der Waals surface area contributed by atoms with Crippen molar-refractivity contribution in [3.8, 4) is 0 Å². The van der Waals surface area contributed by atoms with Gasteiger partial charge in [0.25, 0.3) is 0 Å². The Morgan fingerprint density at radius 3 is 2.50 bits per heavy atom. The zero-order valence-electron chi connectivity index (χ0n) is 20.0. The molecule has 2 saturated heterocycles.